The molecule has 0 radical (unpaired) electrons. The molecule has 8 aromatic rings. The maximum Gasteiger partial charge on any atom is 0.411 e. The summed E-state index contributed by atoms with van der Waals surface area (Å²) >= 11 is 0. The van der Waals surface area contributed by atoms with Crippen molar-refractivity contribution in [3.05, 3.63) is 208 Å². The number of hydrogen-bond donors (Lipinski definition) is 10. The van der Waals surface area contributed by atoms with Crippen molar-refractivity contribution < 1.29 is 103 Å². The SMILES string of the molecule is CC(=O)[C@@H](NC(=O)C(=O)c1c(C)c(C(=O)Nc2ccc(F)c(C)c2)c(C)n1C)C(C)C.CNC(=O)[C@@H](NC(=O)C(=O)c1c(C)c(C(=O)Nc2ccc(F)c(C)c2)c(C)n1C)C(C)C.CNC(=O)[C@H](NC(=O)C(=O)c1c(C)c(C(=O)Nc2ccc(F)c(C)c2)c(C)n1C)C(C)C.Cc1cc(NC(=O)c2c(C)c(C(=O)C(=O)NC3(C(F)(F)F)CCCCC3)n(C)c2C)ccc1F. The Hall–Kier alpha value is -13.4. The van der Waals surface area contributed by atoms with Crippen LogP contribution in [0.4, 0.5) is 53.5 Å². The number of rotatable bonds is 26. The second kappa shape index (κ2) is 43.4. The van der Waals surface area contributed by atoms with Crippen molar-refractivity contribution in [1.82, 2.24) is 50.2 Å². The van der Waals surface area contributed by atoms with Gasteiger partial charge in [-0.2, -0.15) is 13.2 Å². The lowest BCUT2D eigenvalue weighted by atomic mass is 9.81. The Morgan fingerprint density at radius 2 is 0.574 bits per heavy atom. The first-order valence-corrected chi connectivity index (χ1v) is 41.3. The monoisotopic (exact) mass is 1800 g/mol. The molecule has 10 amide bonds. The van der Waals surface area contributed by atoms with E-state index in [9.17, 15) is 103 Å². The van der Waals surface area contributed by atoms with E-state index in [1.165, 1.54) is 126 Å². The van der Waals surface area contributed by atoms with Crippen LogP contribution in [0.15, 0.2) is 72.8 Å². The molecular weight excluding hydrogens is 1690 g/mol. The predicted molar refractivity (Wildman–Crippen MR) is 472 cm³/mol. The average molecular weight is 1800 g/mol. The highest BCUT2D eigenvalue weighted by Crippen LogP contribution is 2.42. The first-order valence-electron chi connectivity index (χ1n) is 41.3. The summed E-state index contributed by atoms with van der Waals surface area (Å²) in [4.78, 5) is 190. The summed E-state index contributed by atoms with van der Waals surface area (Å²) in [5.41, 5.74) is 4.51. The number of halogens is 7. The van der Waals surface area contributed by atoms with E-state index in [2.05, 4.69) is 47.9 Å². The zero-order valence-electron chi connectivity index (χ0n) is 77.0. The van der Waals surface area contributed by atoms with Gasteiger partial charge < -0.3 is 71.4 Å². The standard InChI is InChI=1S/C24H27F4N3O3.2C23H29FN4O4.C23H28FN3O4/c1-13-12-16(8-9-17(13)25)29-21(33)18-14(2)19(31(4)15(18)3)20(32)22(34)30-23(24(26,27)28)10-6-5-7-11-23;2*1-11(2)18(22(31)25-6)27-23(32)20(29)19-13(4)17(14(5)28(19)7)21(30)26-15-8-9-16(24)12(3)10-15;1-11(2)19(15(6)28)26-23(31)21(29)20-13(4)18(14(5)27(20)7)22(30)25-16-8-9-17(24)12(3)10-16/h8-9,12H,5-7,10-11H2,1-4H3,(H,29,33)(H,30,34);2*8-11,18H,1-7H3,(H,25,31)(H,26,30)(H,27,32);8-11,19H,1-7H3,(H,25,30)(H,26,31)/t;2*18-;19-/m.100/s1. The third kappa shape index (κ3) is 23.9. The summed E-state index contributed by atoms with van der Waals surface area (Å²) in [6.07, 6.45) is -4.05. The number of likely N-dealkylation sites (N-methyl/N-ethyl adjacent to an activating group) is 2. The van der Waals surface area contributed by atoms with Gasteiger partial charge in [-0.3, -0.25) is 71.9 Å². The Kier molecular flexibility index (Phi) is 35.1. The van der Waals surface area contributed by atoms with Crippen LogP contribution in [-0.2, 0) is 61.8 Å². The Bertz CT molecular complexity index is 5610. The summed E-state index contributed by atoms with van der Waals surface area (Å²) in [5, 5.41) is 25.1. The molecular formula is C93H113F7N14O15. The summed E-state index contributed by atoms with van der Waals surface area (Å²) in [6, 6.07) is 14.1. The fourth-order valence-corrected chi connectivity index (χ4v) is 15.3. The lowest BCUT2D eigenvalue weighted by Gasteiger charge is -2.39. The third-order valence-electron chi connectivity index (χ3n) is 22.9. The highest BCUT2D eigenvalue weighted by atomic mass is 19.4. The number of alkyl halides is 3. The van der Waals surface area contributed by atoms with Crippen molar-refractivity contribution in [2.75, 3.05) is 35.4 Å². The van der Waals surface area contributed by atoms with Gasteiger partial charge in [0.15, 0.2) is 5.78 Å². The first kappa shape index (κ1) is 104. The highest BCUT2D eigenvalue weighted by Gasteiger charge is 2.56. The number of amides is 10. The van der Waals surface area contributed by atoms with Crippen LogP contribution >= 0.6 is 0 Å². The minimum atomic E-state index is -4.69. The number of ketones is 5. The van der Waals surface area contributed by atoms with Crippen molar-refractivity contribution in [3.63, 3.8) is 0 Å². The van der Waals surface area contributed by atoms with E-state index in [4.69, 9.17) is 0 Å². The van der Waals surface area contributed by atoms with E-state index in [1.807, 2.05) is 5.32 Å². The molecule has 3 atom stereocenters. The van der Waals surface area contributed by atoms with Gasteiger partial charge in [0.25, 0.3) is 70.4 Å². The Morgan fingerprint density at radius 1 is 0.349 bits per heavy atom. The number of Topliss-reactive ketones (excluding diaryl/α,β-unsaturated/α-hetero) is 5. The quantitative estimate of drug-likeness (QED) is 0.0137. The molecule has 129 heavy (non-hydrogen) atoms. The van der Waals surface area contributed by atoms with Crippen LogP contribution in [0, 0.1) is 124 Å². The maximum atomic E-state index is 13.8. The zero-order valence-corrected chi connectivity index (χ0v) is 77.0. The second-order valence-electron chi connectivity index (χ2n) is 33.0. The van der Waals surface area contributed by atoms with Crippen LogP contribution in [0.25, 0.3) is 0 Å². The smallest absolute Gasteiger partial charge is 0.357 e. The lowest BCUT2D eigenvalue weighted by Crippen LogP contribution is -2.61. The molecule has 36 heteroatoms. The molecule has 10 N–H and O–H groups in total. The predicted octanol–water partition coefficient (Wildman–Crippen LogP) is 13.0. The van der Waals surface area contributed by atoms with Crippen LogP contribution < -0.4 is 53.2 Å². The fraction of sp³-hybridized carbons (Fsp3) is 0.409. The normalized spacial score (nSPS) is 12.8. The molecule has 9 rings (SSSR count). The summed E-state index contributed by atoms with van der Waals surface area (Å²) in [6.45, 7) is 31.0. The Morgan fingerprint density at radius 3 is 0.775 bits per heavy atom. The number of nitrogens with one attached hydrogen (secondary N) is 10. The number of aromatic nitrogens is 4. The van der Waals surface area contributed by atoms with E-state index >= 15 is 0 Å². The van der Waals surface area contributed by atoms with Gasteiger partial charge in [0.1, 0.15) is 40.9 Å². The van der Waals surface area contributed by atoms with Gasteiger partial charge in [-0.15, -0.1) is 0 Å². The lowest BCUT2D eigenvalue weighted by molar-refractivity contribution is -0.205. The van der Waals surface area contributed by atoms with Crippen LogP contribution in [0.1, 0.15) is 231 Å². The third-order valence-corrected chi connectivity index (χ3v) is 22.9. The van der Waals surface area contributed by atoms with E-state index in [0.717, 1.165) is 0 Å². The number of benzene rings is 4. The maximum absolute atomic E-state index is 13.8. The van der Waals surface area contributed by atoms with Crippen LogP contribution in [0.2, 0.25) is 0 Å². The van der Waals surface area contributed by atoms with Gasteiger partial charge >= 0.3 is 6.18 Å². The number of anilines is 4. The van der Waals surface area contributed by atoms with Crippen molar-refractivity contribution in [2.45, 2.75) is 193 Å². The van der Waals surface area contributed by atoms with Crippen LogP contribution in [0.5, 0.6) is 0 Å². The number of carbonyl (C=O) groups is 15. The molecule has 1 fully saturated rings. The molecule has 4 heterocycles. The summed E-state index contributed by atoms with van der Waals surface area (Å²) < 4.78 is 101. The molecule has 1 aliphatic rings. The molecule has 4 aromatic carbocycles. The summed E-state index contributed by atoms with van der Waals surface area (Å²) in [5.74, 6) is -13.1. The number of aryl methyl sites for hydroxylation is 4. The van der Waals surface area contributed by atoms with Crippen LogP contribution in [0.3, 0.4) is 0 Å². The first-order chi connectivity index (χ1) is 59.9. The molecule has 4 aromatic heterocycles. The van der Waals surface area contributed by atoms with Gasteiger partial charge in [0, 0.05) is 87.8 Å². The second-order valence-corrected chi connectivity index (χ2v) is 33.0. The number of carbonyl (C=O) groups excluding carboxylic acids is 15. The molecule has 1 saturated carbocycles. The van der Waals surface area contributed by atoms with Crippen molar-refractivity contribution in [1.29, 1.82) is 0 Å². The topological polar surface area (TPSA) is 396 Å². The van der Waals surface area contributed by atoms with Gasteiger partial charge in [-0.05, 0) is 238 Å². The largest absolute Gasteiger partial charge is 0.411 e. The van der Waals surface area contributed by atoms with E-state index in [1.54, 1.807) is 139 Å². The highest BCUT2D eigenvalue weighted by molar-refractivity contribution is 6.45. The molecule has 0 unspecified atom stereocenters. The average Bonchev–Trinajstić information content (AvgIpc) is 1.72. The van der Waals surface area contributed by atoms with E-state index in [0.29, 0.717) is 104 Å². The zero-order chi connectivity index (χ0) is 97.7. The summed E-state index contributed by atoms with van der Waals surface area (Å²) in [7, 11) is 9.11. The van der Waals surface area contributed by atoms with E-state index in [-0.39, 0.29) is 104 Å². The van der Waals surface area contributed by atoms with Gasteiger partial charge in [-0.1, -0.05) is 60.8 Å². The number of nitrogens with zero attached hydrogens (tertiary/aromatic N) is 4. The molecule has 694 valence electrons. The molecule has 0 spiro atoms. The van der Waals surface area contributed by atoms with Gasteiger partial charge in [0.2, 0.25) is 11.8 Å². The van der Waals surface area contributed by atoms with Crippen molar-refractivity contribution in [2.24, 2.45) is 45.9 Å². The molecule has 0 aliphatic heterocycles. The Balaban J connectivity index is 0.000000265. The van der Waals surface area contributed by atoms with Crippen molar-refractivity contribution >= 4 is 111 Å². The van der Waals surface area contributed by atoms with Gasteiger partial charge in [-0.25, -0.2) is 17.6 Å². The van der Waals surface area contributed by atoms with Crippen LogP contribution in [-0.4, -0.2) is 150 Å². The van der Waals surface area contributed by atoms with Gasteiger partial charge in [0.05, 0.1) is 51.1 Å². The van der Waals surface area contributed by atoms with E-state index < -0.39 is 118 Å². The molecule has 0 bridgehead atoms. The fourth-order valence-electron chi connectivity index (χ4n) is 15.3. The molecule has 29 nitrogen and oxygen atoms in total. The minimum absolute atomic E-state index is 0.0554. The molecule has 0 saturated heterocycles. The molecule has 1 aliphatic carbocycles. The van der Waals surface area contributed by atoms with Crippen molar-refractivity contribution in [3.8, 4) is 0 Å². The Labute approximate surface area is 743 Å². The number of hydrogen-bond acceptors (Lipinski definition) is 15. The minimum Gasteiger partial charge on any atom is -0.357 e.